The molecule has 2 rings (SSSR count). The second-order valence-corrected chi connectivity index (χ2v) is 5.41. The van der Waals surface area contributed by atoms with E-state index in [4.69, 9.17) is 11.6 Å². The van der Waals surface area contributed by atoms with Crippen LogP contribution < -0.4 is 10.2 Å². The van der Waals surface area contributed by atoms with E-state index in [2.05, 4.69) is 17.1 Å². The van der Waals surface area contributed by atoms with Gasteiger partial charge in [0, 0.05) is 36.4 Å². The van der Waals surface area contributed by atoms with E-state index in [0.717, 1.165) is 34.9 Å². The van der Waals surface area contributed by atoms with Gasteiger partial charge in [-0.05, 0) is 36.4 Å². The molecule has 0 aliphatic carbocycles. The van der Waals surface area contributed by atoms with Crippen LogP contribution in [0.15, 0.2) is 42.5 Å². The number of nitrogens with one attached hydrogen (secondary N) is 1. The van der Waals surface area contributed by atoms with Crippen molar-refractivity contribution in [2.24, 2.45) is 0 Å². The highest BCUT2D eigenvalue weighted by Gasteiger charge is 2.11. The molecule has 0 saturated carbocycles. The summed E-state index contributed by atoms with van der Waals surface area (Å²) in [7, 11) is 1.99. The Bertz CT molecular complexity index is 601. The molecule has 0 fully saturated rings. The fourth-order valence-electron chi connectivity index (χ4n) is 2.32. The zero-order chi connectivity index (χ0) is 15.2. The molecule has 0 aliphatic heterocycles. The minimum absolute atomic E-state index is 0.208. The number of halogens is 2. The van der Waals surface area contributed by atoms with Gasteiger partial charge in [0.05, 0.1) is 0 Å². The van der Waals surface area contributed by atoms with Crippen LogP contribution in [-0.4, -0.2) is 13.6 Å². The molecule has 21 heavy (non-hydrogen) atoms. The van der Waals surface area contributed by atoms with Gasteiger partial charge < -0.3 is 10.2 Å². The Balaban J connectivity index is 2.22. The second-order valence-electron chi connectivity index (χ2n) is 5.00. The van der Waals surface area contributed by atoms with Crippen molar-refractivity contribution in [1.29, 1.82) is 0 Å². The molecule has 0 amide bonds. The first-order valence-corrected chi connectivity index (χ1v) is 7.43. The summed E-state index contributed by atoms with van der Waals surface area (Å²) >= 11 is 6.31. The smallest absolute Gasteiger partial charge is 0.123 e. The van der Waals surface area contributed by atoms with Gasteiger partial charge in [-0.2, -0.15) is 0 Å². The van der Waals surface area contributed by atoms with Crippen LogP contribution in [0.4, 0.5) is 10.1 Å². The number of hydrogen-bond donors (Lipinski definition) is 1. The highest BCUT2D eigenvalue weighted by Crippen LogP contribution is 2.27. The first-order chi connectivity index (χ1) is 10.1. The van der Waals surface area contributed by atoms with Gasteiger partial charge in [0.15, 0.2) is 0 Å². The van der Waals surface area contributed by atoms with Crippen LogP contribution in [0.5, 0.6) is 0 Å². The molecule has 4 heteroatoms. The number of rotatable bonds is 6. The molecule has 0 aliphatic rings. The third kappa shape index (κ3) is 4.19. The Kier molecular flexibility index (Phi) is 5.59. The highest BCUT2D eigenvalue weighted by atomic mass is 35.5. The van der Waals surface area contributed by atoms with Gasteiger partial charge in [0.1, 0.15) is 5.82 Å². The van der Waals surface area contributed by atoms with E-state index in [0.29, 0.717) is 6.54 Å². The molecule has 1 N–H and O–H groups in total. The topological polar surface area (TPSA) is 15.3 Å². The molecule has 0 heterocycles. The molecule has 2 nitrogen and oxygen atoms in total. The van der Waals surface area contributed by atoms with Crippen molar-refractivity contribution in [1.82, 2.24) is 5.32 Å². The Morgan fingerprint density at radius 2 is 1.95 bits per heavy atom. The normalized spacial score (nSPS) is 10.7. The maximum absolute atomic E-state index is 13.3. The Morgan fingerprint density at radius 1 is 1.19 bits per heavy atom. The van der Waals surface area contributed by atoms with Gasteiger partial charge in [-0.1, -0.05) is 36.7 Å². The first kappa shape index (κ1) is 15.8. The Hall–Kier alpha value is -1.58. The molecule has 0 saturated heterocycles. The van der Waals surface area contributed by atoms with Crippen LogP contribution in [-0.2, 0) is 13.1 Å². The predicted octanol–water partition coefficient (Wildman–Crippen LogP) is 4.23. The molecular formula is C17H20ClFN2. The molecule has 0 aromatic heterocycles. The van der Waals surface area contributed by atoms with Crippen molar-refractivity contribution < 1.29 is 4.39 Å². The van der Waals surface area contributed by atoms with Gasteiger partial charge >= 0.3 is 0 Å². The lowest BCUT2D eigenvalue weighted by molar-refractivity contribution is 0.625. The van der Waals surface area contributed by atoms with Crippen LogP contribution in [0.2, 0.25) is 5.02 Å². The summed E-state index contributed by atoms with van der Waals surface area (Å²) in [5.74, 6) is -0.208. The standard InChI is InChI=1S/C17H20ClFN2/c1-3-20-11-15-16(18)8-5-9-17(15)21(2)12-13-6-4-7-14(19)10-13/h4-10,20H,3,11-12H2,1-2H3. The summed E-state index contributed by atoms with van der Waals surface area (Å²) in [5.41, 5.74) is 3.07. The van der Waals surface area contributed by atoms with E-state index in [1.54, 1.807) is 12.1 Å². The monoisotopic (exact) mass is 306 g/mol. The maximum atomic E-state index is 13.3. The second kappa shape index (κ2) is 7.43. The van der Waals surface area contributed by atoms with E-state index in [-0.39, 0.29) is 5.82 Å². The van der Waals surface area contributed by atoms with E-state index in [1.165, 1.54) is 6.07 Å². The molecule has 0 atom stereocenters. The lowest BCUT2D eigenvalue weighted by Gasteiger charge is -2.23. The average Bonchev–Trinajstić information content (AvgIpc) is 2.45. The van der Waals surface area contributed by atoms with E-state index in [1.807, 2.05) is 31.3 Å². The fraction of sp³-hybridized carbons (Fsp3) is 0.294. The van der Waals surface area contributed by atoms with Crippen molar-refractivity contribution in [2.45, 2.75) is 20.0 Å². The van der Waals surface area contributed by atoms with Crippen molar-refractivity contribution >= 4 is 17.3 Å². The summed E-state index contributed by atoms with van der Waals surface area (Å²) in [5, 5.41) is 4.05. The van der Waals surface area contributed by atoms with Crippen LogP contribution in [0.25, 0.3) is 0 Å². The van der Waals surface area contributed by atoms with Crippen LogP contribution >= 0.6 is 11.6 Å². The fourth-order valence-corrected chi connectivity index (χ4v) is 2.56. The molecule has 2 aromatic rings. The summed E-state index contributed by atoms with van der Waals surface area (Å²) in [6.07, 6.45) is 0. The number of nitrogens with zero attached hydrogens (tertiary/aromatic N) is 1. The number of hydrogen-bond acceptors (Lipinski definition) is 2. The quantitative estimate of drug-likeness (QED) is 0.859. The first-order valence-electron chi connectivity index (χ1n) is 7.05. The van der Waals surface area contributed by atoms with Gasteiger partial charge in [0.25, 0.3) is 0 Å². The zero-order valence-electron chi connectivity index (χ0n) is 12.4. The minimum Gasteiger partial charge on any atom is -0.370 e. The SMILES string of the molecule is CCNCc1c(Cl)cccc1N(C)Cc1cccc(F)c1. The van der Waals surface area contributed by atoms with Crippen LogP contribution in [0.3, 0.4) is 0 Å². The molecule has 0 spiro atoms. The Labute approximate surface area is 130 Å². The summed E-state index contributed by atoms with van der Waals surface area (Å²) in [6.45, 7) is 4.31. The molecule has 0 unspecified atom stereocenters. The predicted molar refractivity (Wildman–Crippen MR) is 87.3 cm³/mol. The van der Waals surface area contributed by atoms with Gasteiger partial charge in [-0.15, -0.1) is 0 Å². The van der Waals surface area contributed by atoms with Gasteiger partial charge in [-0.25, -0.2) is 4.39 Å². The largest absolute Gasteiger partial charge is 0.370 e. The van der Waals surface area contributed by atoms with E-state index < -0.39 is 0 Å². The average molecular weight is 307 g/mol. The van der Waals surface area contributed by atoms with E-state index in [9.17, 15) is 4.39 Å². The Morgan fingerprint density at radius 3 is 2.67 bits per heavy atom. The van der Waals surface area contributed by atoms with Crippen LogP contribution in [0, 0.1) is 5.82 Å². The number of anilines is 1. The van der Waals surface area contributed by atoms with E-state index >= 15 is 0 Å². The lowest BCUT2D eigenvalue weighted by Crippen LogP contribution is -2.21. The molecule has 0 radical (unpaired) electrons. The molecule has 112 valence electrons. The molecular weight excluding hydrogens is 287 g/mol. The third-order valence-corrected chi connectivity index (χ3v) is 3.72. The molecule has 0 bridgehead atoms. The lowest BCUT2D eigenvalue weighted by atomic mass is 10.1. The zero-order valence-corrected chi connectivity index (χ0v) is 13.1. The van der Waals surface area contributed by atoms with Crippen molar-refractivity contribution in [3.8, 4) is 0 Å². The van der Waals surface area contributed by atoms with Crippen molar-refractivity contribution in [3.05, 3.63) is 64.4 Å². The molecule has 2 aromatic carbocycles. The van der Waals surface area contributed by atoms with Crippen molar-refractivity contribution in [2.75, 3.05) is 18.5 Å². The highest BCUT2D eigenvalue weighted by molar-refractivity contribution is 6.31. The summed E-state index contributed by atoms with van der Waals surface area (Å²) in [6, 6.07) is 12.6. The summed E-state index contributed by atoms with van der Waals surface area (Å²) in [4.78, 5) is 2.09. The third-order valence-electron chi connectivity index (χ3n) is 3.37. The number of benzene rings is 2. The van der Waals surface area contributed by atoms with Gasteiger partial charge in [0.2, 0.25) is 0 Å². The summed E-state index contributed by atoms with van der Waals surface area (Å²) < 4.78 is 13.3. The van der Waals surface area contributed by atoms with Crippen molar-refractivity contribution in [3.63, 3.8) is 0 Å². The minimum atomic E-state index is -0.208. The maximum Gasteiger partial charge on any atom is 0.123 e. The van der Waals surface area contributed by atoms with Gasteiger partial charge in [-0.3, -0.25) is 0 Å². The van der Waals surface area contributed by atoms with Crippen LogP contribution in [0.1, 0.15) is 18.1 Å².